The van der Waals surface area contributed by atoms with E-state index in [2.05, 4.69) is 4.74 Å². The third-order valence-electron chi connectivity index (χ3n) is 2.99. The van der Waals surface area contributed by atoms with Gasteiger partial charge in [-0.25, -0.2) is 0 Å². The van der Waals surface area contributed by atoms with Crippen molar-refractivity contribution in [3.05, 3.63) is 64.7 Å². The molecular formula is C17H13ClF3NO2. The fourth-order valence-electron chi connectivity index (χ4n) is 1.79. The molecule has 0 spiro atoms. The van der Waals surface area contributed by atoms with Crippen LogP contribution in [0.4, 0.5) is 13.2 Å². The molecule has 0 aliphatic rings. The highest BCUT2D eigenvalue weighted by molar-refractivity contribution is 6.67. The molecule has 126 valence electrons. The smallest absolute Gasteiger partial charge is 0.420 e. The number of ether oxygens (including phenoxy) is 1. The summed E-state index contributed by atoms with van der Waals surface area (Å²) in [6, 6.07) is 12.0. The molecule has 0 saturated carbocycles. The zero-order valence-corrected chi connectivity index (χ0v) is 13.6. The molecule has 0 atom stereocenters. The van der Waals surface area contributed by atoms with Gasteiger partial charge >= 0.3 is 6.18 Å². The van der Waals surface area contributed by atoms with Gasteiger partial charge in [0, 0.05) is 5.56 Å². The van der Waals surface area contributed by atoms with Crippen LogP contribution in [-0.2, 0) is 6.18 Å². The first-order valence-electron chi connectivity index (χ1n) is 6.61. The Kier molecular flexibility index (Phi) is 6.81. The minimum absolute atomic E-state index is 0.0434. The van der Waals surface area contributed by atoms with E-state index in [-0.39, 0.29) is 11.3 Å². The normalized spacial score (nSPS) is 10.2. The minimum Gasteiger partial charge on any atom is -0.496 e. The summed E-state index contributed by atoms with van der Waals surface area (Å²) in [4.78, 5) is 10.6. The van der Waals surface area contributed by atoms with Gasteiger partial charge in [-0.3, -0.25) is 4.79 Å². The van der Waals surface area contributed by atoms with Crippen molar-refractivity contribution >= 4 is 16.8 Å². The lowest BCUT2D eigenvalue weighted by Crippen LogP contribution is -2.07. The Balaban J connectivity index is 0.000000254. The highest BCUT2D eigenvalue weighted by Crippen LogP contribution is 2.36. The van der Waals surface area contributed by atoms with E-state index < -0.39 is 17.0 Å². The number of rotatable bonds is 2. The van der Waals surface area contributed by atoms with Crippen molar-refractivity contribution in [2.75, 3.05) is 7.11 Å². The van der Waals surface area contributed by atoms with E-state index in [1.54, 1.807) is 18.2 Å². The standard InChI is InChI=1S/C9H6F3NO.C8H7ClO/c1-14-8-3-2-6(5-13)4-7(8)9(10,11)12;1-6-4-2-3-5-7(6)8(9)10/h2-4H,1H3;2-5H,1H3. The molecule has 0 unspecified atom stereocenters. The number of carbonyl (C=O) groups excluding carboxylic acids is 1. The van der Waals surface area contributed by atoms with Gasteiger partial charge in [0.2, 0.25) is 0 Å². The lowest BCUT2D eigenvalue weighted by molar-refractivity contribution is -0.138. The Labute approximate surface area is 142 Å². The molecule has 2 aromatic rings. The van der Waals surface area contributed by atoms with Crippen LogP contribution in [-0.4, -0.2) is 12.4 Å². The Hall–Kier alpha value is -2.52. The van der Waals surface area contributed by atoms with Crippen molar-refractivity contribution in [3.63, 3.8) is 0 Å². The van der Waals surface area contributed by atoms with Crippen molar-refractivity contribution in [1.29, 1.82) is 5.26 Å². The summed E-state index contributed by atoms with van der Waals surface area (Å²) >= 11 is 5.27. The summed E-state index contributed by atoms with van der Waals surface area (Å²) in [5, 5.41) is 8.04. The maximum absolute atomic E-state index is 12.4. The molecule has 0 fully saturated rings. The van der Waals surface area contributed by atoms with Gasteiger partial charge in [0.05, 0.1) is 24.3 Å². The fourth-order valence-corrected chi connectivity index (χ4v) is 2.00. The van der Waals surface area contributed by atoms with Crippen LogP contribution in [0.5, 0.6) is 5.75 Å². The molecule has 0 heterocycles. The molecule has 24 heavy (non-hydrogen) atoms. The van der Waals surface area contributed by atoms with E-state index in [1.165, 1.54) is 6.07 Å². The second-order valence-electron chi connectivity index (χ2n) is 4.61. The second kappa shape index (κ2) is 8.37. The maximum atomic E-state index is 12.4. The number of aryl methyl sites for hydroxylation is 1. The molecule has 2 rings (SSSR count). The Morgan fingerprint density at radius 3 is 2.25 bits per heavy atom. The van der Waals surface area contributed by atoms with Gasteiger partial charge in [0.1, 0.15) is 5.75 Å². The van der Waals surface area contributed by atoms with Crippen LogP contribution in [0.1, 0.15) is 27.0 Å². The minimum atomic E-state index is -4.50. The molecular weight excluding hydrogens is 343 g/mol. The maximum Gasteiger partial charge on any atom is 0.420 e. The number of carbonyl (C=O) groups is 1. The van der Waals surface area contributed by atoms with E-state index in [9.17, 15) is 18.0 Å². The van der Waals surface area contributed by atoms with Crippen LogP contribution in [0.15, 0.2) is 42.5 Å². The number of hydrogen-bond acceptors (Lipinski definition) is 3. The molecule has 0 aromatic heterocycles. The summed E-state index contributed by atoms with van der Waals surface area (Å²) < 4.78 is 41.6. The molecule has 0 aliphatic heterocycles. The fraction of sp³-hybridized carbons (Fsp3) is 0.176. The lowest BCUT2D eigenvalue weighted by Gasteiger charge is -2.11. The first-order valence-corrected chi connectivity index (χ1v) is 6.99. The number of hydrogen-bond donors (Lipinski definition) is 0. The van der Waals surface area contributed by atoms with Crippen molar-refractivity contribution in [1.82, 2.24) is 0 Å². The van der Waals surface area contributed by atoms with E-state index in [0.29, 0.717) is 5.56 Å². The van der Waals surface area contributed by atoms with Crippen LogP contribution in [0.25, 0.3) is 0 Å². The van der Waals surface area contributed by atoms with E-state index >= 15 is 0 Å². The van der Waals surface area contributed by atoms with Gasteiger partial charge in [-0.1, -0.05) is 18.2 Å². The number of halogens is 4. The van der Waals surface area contributed by atoms with Crippen LogP contribution in [0, 0.1) is 18.3 Å². The number of alkyl halides is 3. The zero-order chi connectivity index (χ0) is 18.3. The topological polar surface area (TPSA) is 50.1 Å². The predicted octanol–water partition coefficient (Wildman–Crippen LogP) is 4.96. The molecule has 2 aromatic carbocycles. The first-order chi connectivity index (χ1) is 11.2. The highest BCUT2D eigenvalue weighted by atomic mass is 35.5. The SMILES string of the molecule is COc1ccc(C#N)cc1C(F)(F)F.Cc1ccccc1C(=O)Cl. The second-order valence-corrected chi connectivity index (χ2v) is 4.96. The molecule has 3 nitrogen and oxygen atoms in total. The van der Waals surface area contributed by atoms with Gasteiger partial charge < -0.3 is 4.74 Å². The summed E-state index contributed by atoms with van der Waals surface area (Å²) in [7, 11) is 1.15. The van der Waals surface area contributed by atoms with Crippen molar-refractivity contribution in [3.8, 4) is 11.8 Å². The van der Waals surface area contributed by atoms with Crippen LogP contribution < -0.4 is 4.74 Å². The van der Waals surface area contributed by atoms with Gasteiger partial charge in [-0.05, 0) is 48.4 Å². The number of nitriles is 1. The van der Waals surface area contributed by atoms with Crippen molar-refractivity contribution in [2.45, 2.75) is 13.1 Å². The number of nitrogens with zero attached hydrogens (tertiary/aromatic N) is 1. The van der Waals surface area contributed by atoms with Gasteiger partial charge in [0.25, 0.3) is 5.24 Å². The first kappa shape index (κ1) is 19.5. The van der Waals surface area contributed by atoms with E-state index in [1.807, 2.05) is 19.1 Å². The Bertz CT molecular complexity index is 767. The van der Waals surface area contributed by atoms with Crippen molar-refractivity contribution < 1.29 is 22.7 Å². The molecule has 0 saturated heterocycles. The molecule has 7 heteroatoms. The third kappa shape index (κ3) is 5.28. The largest absolute Gasteiger partial charge is 0.496 e. The molecule has 0 aliphatic carbocycles. The zero-order valence-electron chi connectivity index (χ0n) is 12.8. The number of methoxy groups -OCH3 is 1. The average molecular weight is 356 g/mol. The average Bonchev–Trinajstić information content (AvgIpc) is 2.54. The summed E-state index contributed by atoms with van der Waals surface area (Å²) in [5.74, 6) is -0.281. The summed E-state index contributed by atoms with van der Waals surface area (Å²) in [5.41, 5.74) is 0.531. The molecule has 0 N–H and O–H groups in total. The number of benzene rings is 2. The Morgan fingerprint density at radius 1 is 1.21 bits per heavy atom. The van der Waals surface area contributed by atoms with Crippen LogP contribution in [0.3, 0.4) is 0 Å². The van der Waals surface area contributed by atoms with E-state index in [0.717, 1.165) is 24.8 Å². The molecule has 0 amide bonds. The van der Waals surface area contributed by atoms with Gasteiger partial charge in [-0.15, -0.1) is 0 Å². The Morgan fingerprint density at radius 2 is 1.83 bits per heavy atom. The molecule has 0 bridgehead atoms. The van der Waals surface area contributed by atoms with E-state index in [4.69, 9.17) is 16.9 Å². The monoisotopic (exact) mass is 355 g/mol. The summed E-state index contributed by atoms with van der Waals surface area (Å²) in [6.07, 6.45) is -4.50. The highest BCUT2D eigenvalue weighted by Gasteiger charge is 2.34. The van der Waals surface area contributed by atoms with Gasteiger partial charge in [0.15, 0.2) is 0 Å². The van der Waals surface area contributed by atoms with Crippen LogP contribution in [0.2, 0.25) is 0 Å². The van der Waals surface area contributed by atoms with Crippen LogP contribution >= 0.6 is 11.6 Å². The third-order valence-corrected chi connectivity index (χ3v) is 3.19. The van der Waals surface area contributed by atoms with Crippen molar-refractivity contribution in [2.24, 2.45) is 0 Å². The quantitative estimate of drug-likeness (QED) is 0.715. The summed E-state index contributed by atoms with van der Waals surface area (Å²) in [6.45, 7) is 1.86. The van der Waals surface area contributed by atoms with Gasteiger partial charge in [-0.2, -0.15) is 18.4 Å². The lowest BCUT2D eigenvalue weighted by atomic mass is 10.1. The molecule has 0 radical (unpaired) electrons. The predicted molar refractivity (Wildman–Crippen MR) is 84.1 cm³/mol.